The number of nitrogens with two attached hydrogens (primary N) is 1. The maximum absolute atomic E-state index is 13.1. The van der Waals surface area contributed by atoms with Gasteiger partial charge < -0.3 is 20.4 Å². The zero-order valence-electron chi connectivity index (χ0n) is 13.6. The first-order valence-electron chi connectivity index (χ1n) is 7.53. The van der Waals surface area contributed by atoms with Crippen molar-refractivity contribution in [3.8, 4) is 0 Å². The number of amides is 1. The normalized spacial score (nSPS) is 16.4. The van der Waals surface area contributed by atoms with Crippen LogP contribution in [-0.4, -0.2) is 64.0 Å². The highest BCUT2D eigenvalue weighted by Gasteiger charge is 2.33. The molecule has 1 fully saturated rings. The van der Waals surface area contributed by atoms with Crippen molar-refractivity contribution in [3.05, 3.63) is 23.9 Å². The average molecular weight is 352 g/mol. The molecule has 3 rings (SSSR count). The van der Waals surface area contributed by atoms with Crippen LogP contribution < -0.4 is 10.6 Å². The van der Waals surface area contributed by atoms with Gasteiger partial charge in [0, 0.05) is 43.8 Å². The van der Waals surface area contributed by atoms with Crippen LogP contribution in [0, 0.1) is 0 Å². The molecule has 9 heteroatoms. The summed E-state index contributed by atoms with van der Waals surface area (Å²) in [6.45, 7) is 1.16. The third-order valence-corrected chi connectivity index (χ3v) is 6.05. The molecule has 1 saturated heterocycles. The Morgan fingerprint density at radius 1 is 1.29 bits per heavy atom. The molecule has 0 aliphatic carbocycles. The minimum absolute atomic E-state index is 0.0596. The number of benzene rings is 1. The molecule has 0 bridgehead atoms. The maximum atomic E-state index is 13.1. The lowest BCUT2D eigenvalue weighted by Gasteiger charge is -2.26. The van der Waals surface area contributed by atoms with E-state index >= 15 is 0 Å². The number of primary amides is 1. The highest BCUT2D eigenvalue weighted by Crippen LogP contribution is 2.32. The Kier molecular flexibility index (Phi) is 4.24. The van der Waals surface area contributed by atoms with E-state index in [0.29, 0.717) is 24.1 Å². The molecule has 1 aliphatic heterocycles. The Morgan fingerprint density at radius 3 is 2.54 bits per heavy atom. The maximum Gasteiger partial charge on any atom is 0.266 e. The van der Waals surface area contributed by atoms with E-state index in [9.17, 15) is 13.2 Å². The van der Waals surface area contributed by atoms with Gasteiger partial charge in [-0.25, -0.2) is 8.42 Å². The van der Waals surface area contributed by atoms with Crippen LogP contribution in [0.1, 0.15) is 10.5 Å². The van der Waals surface area contributed by atoms with Crippen LogP contribution in [0.5, 0.6) is 0 Å². The predicted molar refractivity (Wildman–Crippen MR) is 90.7 cm³/mol. The Hall–Kier alpha value is -2.10. The van der Waals surface area contributed by atoms with Gasteiger partial charge in [0.15, 0.2) is 0 Å². The van der Waals surface area contributed by atoms with E-state index in [4.69, 9.17) is 10.5 Å². The Balaban J connectivity index is 2.25. The highest BCUT2D eigenvalue weighted by molar-refractivity contribution is 7.89. The number of H-pyrrole nitrogens is 1. The van der Waals surface area contributed by atoms with Crippen molar-refractivity contribution in [1.29, 1.82) is 0 Å². The predicted octanol–water partition coefficient (Wildman–Crippen LogP) is 0.354. The lowest BCUT2D eigenvalue weighted by Crippen LogP contribution is -2.41. The minimum atomic E-state index is -3.86. The number of anilines is 1. The molecular weight excluding hydrogens is 332 g/mol. The van der Waals surface area contributed by atoms with Crippen molar-refractivity contribution in [3.63, 3.8) is 0 Å². The van der Waals surface area contributed by atoms with Crippen LogP contribution in [0.15, 0.2) is 23.1 Å². The number of hydrogen-bond acceptors (Lipinski definition) is 5. The summed E-state index contributed by atoms with van der Waals surface area (Å²) in [6, 6.07) is 5.33. The van der Waals surface area contributed by atoms with Crippen molar-refractivity contribution < 1.29 is 17.9 Å². The molecule has 2 aromatic rings. The fourth-order valence-electron chi connectivity index (χ4n) is 2.79. The van der Waals surface area contributed by atoms with Crippen LogP contribution in [0.25, 0.3) is 10.9 Å². The van der Waals surface area contributed by atoms with Gasteiger partial charge in [-0.2, -0.15) is 4.31 Å². The molecule has 0 saturated carbocycles. The van der Waals surface area contributed by atoms with E-state index in [2.05, 4.69) is 4.98 Å². The van der Waals surface area contributed by atoms with Gasteiger partial charge in [-0.3, -0.25) is 4.79 Å². The summed E-state index contributed by atoms with van der Waals surface area (Å²) in [7, 11) is -0.141. The first-order valence-corrected chi connectivity index (χ1v) is 8.97. The third-order valence-electron chi connectivity index (χ3n) is 4.07. The summed E-state index contributed by atoms with van der Waals surface area (Å²) in [5.74, 6) is -0.801. The molecule has 8 nitrogen and oxygen atoms in total. The zero-order valence-corrected chi connectivity index (χ0v) is 14.4. The first kappa shape index (κ1) is 16.7. The molecule has 1 aliphatic rings. The number of morpholine rings is 1. The van der Waals surface area contributed by atoms with Crippen molar-refractivity contribution >= 4 is 32.5 Å². The van der Waals surface area contributed by atoms with Gasteiger partial charge >= 0.3 is 0 Å². The van der Waals surface area contributed by atoms with Crippen LogP contribution >= 0.6 is 0 Å². The fraction of sp³-hybridized carbons (Fsp3) is 0.400. The summed E-state index contributed by atoms with van der Waals surface area (Å²) in [5, 5.41) is 0.460. The number of nitrogens with zero attached hydrogens (tertiary/aromatic N) is 2. The second-order valence-electron chi connectivity index (χ2n) is 5.83. The summed E-state index contributed by atoms with van der Waals surface area (Å²) in [4.78, 5) is 16.5. The lowest BCUT2D eigenvalue weighted by atomic mass is 10.2. The molecule has 1 aromatic heterocycles. The van der Waals surface area contributed by atoms with Gasteiger partial charge in [0.25, 0.3) is 5.91 Å². The summed E-state index contributed by atoms with van der Waals surface area (Å²) in [5.41, 5.74) is 6.71. The summed E-state index contributed by atoms with van der Waals surface area (Å²) >= 11 is 0. The molecule has 24 heavy (non-hydrogen) atoms. The van der Waals surface area contributed by atoms with Gasteiger partial charge in [-0.15, -0.1) is 0 Å². The number of rotatable bonds is 4. The SMILES string of the molecule is CN(C)c1ccc2[nH]c(C(N)=O)c(S(=O)(=O)N3CCOCC3)c2c1. The standard InChI is InChI=1S/C15H20N4O4S/c1-18(2)10-3-4-12-11(9-10)14(13(17-12)15(16)20)24(21,22)19-5-7-23-8-6-19/h3-4,9,17H,5-8H2,1-2H3,(H2,16,20). The Labute approximate surface area is 140 Å². The van der Waals surface area contributed by atoms with Crippen LogP contribution in [0.4, 0.5) is 5.69 Å². The number of carbonyl (C=O) groups excluding carboxylic acids is 1. The smallest absolute Gasteiger partial charge is 0.266 e. The van der Waals surface area contributed by atoms with Gasteiger partial charge in [-0.05, 0) is 18.2 Å². The number of sulfonamides is 1. The van der Waals surface area contributed by atoms with E-state index < -0.39 is 15.9 Å². The molecule has 0 atom stereocenters. The van der Waals surface area contributed by atoms with E-state index in [0.717, 1.165) is 5.69 Å². The molecule has 1 aromatic carbocycles. The van der Waals surface area contributed by atoms with Gasteiger partial charge in [0.2, 0.25) is 10.0 Å². The second-order valence-corrected chi connectivity index (χ2v) is 7.71. The van der Waals surface area contributed by atoms with E-state index in [1.807, 2.05) is 25.1 Å². The number of hydrogen-bond donors (Lipinski definition) is 2. The number of carbonyl (C=O) groups is 1. The largest absolute Gasteiger partial charge is 0.379 e. The molecule has 0 spiro atoms. The molecule has 3 N–H and O–H groups in total. The molecule has 2 heterocycles. The summed E-state index contributed by atoms with van der Waals surface area (Å²) < 4.78 is 32.7. The van der Waals surface area contributed by atoms with E-state index in [1.165, 1.54) is 4.31 Å². The minimum Gasteiger partial charge on any atom is -0.379 e. The van der Waals surface area contributed by atoms with Gasteiger partial charge in [0.05, 0.1) is 13.2 Å². The van der Waals surface area contributed by atoms with E-state index in [1.54, 1.807) is 12.1 Å². The number of fused-ring (bicyclic) bond motifs is 1. The monoisotopic (exact) mass is 352 g/mol. The molecule has 1 amide bonds. The number of ether oxygens (including phenoxy) is 1. The van der Waals surface area contributed by atoms with E-state index in [-0.39, 0.29) is 23.7 Å². The molecule has 0 unspecified atom stereocenters. The lowest BCUT2D eigenvalue weighted by molar-refractivity contribution is 0.0730. The zero-order chi connectivity index (χ0) is 17.5. The Bertz CT molecular complexity index is 882. The van der Waals surface area contributed by atoms with Crippen LogP contribution in [0.3, 0.4) is 0 Å². The van der Waals surface area contributed by atoms with Crippen molar-refractivity contribution in [2.75, 3.05) is 45.3 Å². The van der Waals surface area contributed by atoms with Crippen molar-refractivity contribution in [2.45, 2.75) is 4.90 Å². The van der Waals surface area contributed by atoms with Gasteiger partial charge in [-0.1, -0.05) is 0 Å². The molecular formula is C15H20N4O4S. The molecule has 0 radical (unpaired) electrons. The van der Waals surface area contributed by atoms with Gasteiger partial charge in [0.1, 0.15) is 10.6 Å². The fourth-order valence-corrected chi connectivity index (χ4v) is 4.54. The number of aromatic nitrogens is 1. The summed E-state index contributed by atoms with van der Waals surface area (Å²) in [6.07, 6.45) is 0. The third kappa shape index (κ3) is 2.74. The quantitative estimate of drug-likeness (QED) is 0.825. The average Bonchev–Trinajstić information content (AvgIpc) is 2.95. The Morgan fingerprint density at radius 2 is 1.96 bits per heavy atom. The first-order chi connectivity index (χ1) is 11.3. The topological polar surface area (TPSA) is 109 Å². The van der Waals surface area contributed by atoms with Crippen molar-refractivity contribution in [2.24, 2.45) is 5.73 Å². The van der Waals surface area contributed by atoms with Crippen molar-refractivity contribution in [1.82, 2.24) is 9.29 Å². The number of nitrogens with one attached hydrogen (secondary N) is 1. The number of aromatic amines is 1. The second kappa shape index (κ2) is 6.08. The highest BCUT2D eigenvalue weighted by atomic mass is 32.2. The van der Waals surface area contributed by atoms with Crippen LogP contribution in [-0.2, 0) is 14.8 Å². The molecule has 130 valence electrons. The van der Waals surface area contributed by atoms with Crippen LogP contribution in [0.2, 0.25) is 0 Å².